The molecule has 252 valence electrons. The number of carbonyl (C=O) groups is 3. The molecule has 3 heterocycles. The number of benzene rings is 4. The minimum absolute atomic E-state index is 0.178. The monoisotopic (exact) mass is 704 g/mol. The van der Waals surface area contributed by atoms with E-state index >= 15 is 0 Å². The first-order valence-electron chi connectivity index (χ1n) is 15.9. The molecule has 0 spiro atoms. The molecular formula is C37H32N6O5S2. The Morgan fingerprint density at radius 2 is 1.30 bits per heavy atom. The fourth-order valence-electron chi connectivity index (χ4n) is 5.85. The van der Waals surface area contributed by atoms with Gasteiger partial charge in [0.25, 0.3) is 0 Å². The molecule has 13 heteroatoms. The predicted octanol–water partition coefficient (Wildman–Crippen LogP) is 4.93. The summed E-state index contributed by atoms with van der Waals surface area (Å²) < 4.78 is 13.5. The minimum atomic E-state index is -0.704. The Kier molecular flexibility index (Phi) is 10.1. The molecule has 1 aromatic heterocycles. The van der Waals surface area contributed by atoms with Gasteiger partial charge in [0.2, 0.25) is 11.1 Å². The lowest BCUT2D eigenvalue weighted by Gasteiger charge is -2.48. The molecule has 0 aliphatic carbocycles. The van der Waals surface area contributed by atoms with E-state index in [2.05, 4.69) is 15.5 Å². The largest absolute Gasteiger partial charge is 0.451 e. The number of β-lactam (4-membered cyclic amide) rings is 1. The van der Waals surface area contributed by atoms with Crippen molar-refractivity contribution in [1.29, 1.82) is 0 Å². The fraction of sp³-hybridized carbons (Fsp3) is 0.189. The Bertz CT molecular complexity index is 1920. The Balaban J connectivity index is 1.10. The van der Waals surface area contributed by atoms with E-state index in [1.807, 2.05) is 121 Å². The first-order valence-corrected chi connectivity index (χ1v) is 17.9. The van der Waals surface area contributed by atoms with E-state index in [0.29, 0.717) is 16.5 Å². The van der Waals surface area contributed by atoms with E-state index in [9.17, 15) is 14.4 Å². The topological polar surface area (TPSA) is 143 Å². The van der Waals surface area contributed by atoms with Crippen LogP contribution < -0.4 is 5.73 Å². The minimum Gasteiger partial charge on any atom is -0.451 e. The molecule has 0 radical (unpaired) electrons. The van der Waals surface area contributed by atoms with E-state index in [1.165, 1.54) is 33.1 Å². The van der Waals surface area contributed by atoms with Gasteiger partial charge in [-0.15, -0.1) is 16.9 Å². The van der Waals surface area contributed by atoms with Crippen molar-refractivity contribution in [2.24, 2.45) is 5.73 Å². The first-order chi connectivity index (χ1) is 24.5. The van der Waals surface area contributed by atoms with Gasteiger partial charge >= 0.3 is 11.9 Å². The van der Waals surface area contributed by atoms with Crippen molar-refractivity contribution < 1.29 is 23.9 Å². The van der Waals surface area contributed by atoms with Gasteiger partial charge < -0.3 is 15.2 Å². The number of aromatic nitrogens is 4. The zero-order valence-corrected chi connectivity index (χ0v) is 28.3. The number of amides is 1. The van der Waals surface area contributed by atoms with Crippen LogP contribution in [-0.4, -0.2) is 65.9 Å². The van der Waals surface area contributed by atoms with Crippen LogP contribution in [0.1, 0.15) is 34.5 Å². The maximum absolute atomic E-state index is 14.1. The average Bonchev–Trinajstić information content (AvgIpc) is 3.62. The second kappa shape index (κ2) is 15.1. The van der Waals surface area contributed by atoms with Crippen molar-refractivity contribution in [2.75, 3.05) is 11.5 Å². The molecule has 11 nitrogen and oxygen atoms in total. The normalized spacial score (nSPS) is 17.0. The van der Waals surface area contributed by atoms with Gasteiger partial charge in [-0.3, -0.25) is 14.5 Å². The van der Waals surface area contributed by atoms with Gasteiger partial charge in [0, 0.05) is 11.5 Å². The van der Waals surface area contributed by atoms with Gasteiger partial charge in [-0.2, -0.15) is 0 Å². The maximum Gasteiger partial charge on any atom is 0.356 e. The first kappa shape index (κ1) is 33.3. The van der Waals surface area contributed by atoms with Crippen molar-refractivity contribution in [3.8, 4) is 0 Å². The Morgan fingerprint density at radius 3 is 1.82 bits per heavy atom. The Morgan fingerprint density at radius 1 is 0.800 bits per heavy atom. The number of nitrogens with two attached hydrogens (primary N) is 1. The molecule has 1 amide bonds. The third kappa shape index (κ3) is 7.06. The van der Waals surface area contributed by atoms with E-state index in [4.69, 9.17) is 15.2 Å². The van der Waals surface area contributed by atoms with Crippen molar-refractivity contribution in [1.82, 2.24) is 25.1 Å². The molecule has 0 saturated carbocycles. The van der Waals surface area contributed by atoms with Crippen LogP contribution in [0.15, 0.2) is 138 Å². The highest BCUT2D eigenvalue weighted by Crippen LogP contribution is 2.42. The molecule has 5 aromatic rings. The number of fused-ring (bicyclic) bond motifs is 1. The van der Waals surface area contributed by atoms with E-state index in [0.717, 1.165) is 22.3 Å². The summed E-state index contributed by atoms with van der Waals surface area (Å²) >= 11 is 2.74. The summed E-state index contributed by atoms with van der Waals surface area (Å²) in [5, 5.41) is 11.9. The molecule has 1 fully saturated rings. The van der Waals surface area contributed by atoms with Gasteiger partial charge in [-0.05, 0) is 38.3 Å². The van der Waals surface area contributed by atoms with E-state index in [1.54, 1.807) is 0 Å². The zero-order valence-electron chi connectivity index (χ0n) is 26.6. The number of rotatable bonds is 12. The molecule has 0 bridgehead atoms. The average molecular weight is 705 g/mol. The molecule has 4 aromatic carbocycles. The van der Waals surface area contributed by atoms with Gasteiger partial charge in [0.05, 0.1) is 0 Å². The smallest absolute Gasteiger partial charge is 0.356 e. The second-order valence-electron chi connectivity index (χ2n) is 11.6. The molecule has 2 aliphatic heterocycles. The molecular weight excluding hydrogens is 673 g/mol. The lowest BCUT2D eigenvalue weighted by molar-refractivity contribution is -0.153. The molecule has 2 aliphatic rings. The Labute approximate surface area is 296 Å². The van der Waals surface area contributed by atoms with Crippen LogP contribution in [-0.2, 0) is 30.4 Å². The van der Waals surface area contributed by atoms with Crippen molar-refractivity contribution in [3.05, 3.63) is 155 Å². The number of ether oxygens (including phenoxy) is 2. The molecule has 50 heavy (non-hydrogen) atoms. The maximum atomic E-state index is 14.1. The number of hydrogen-bond acceptors (Lipinski definition) is 11. The van der Waals surface area contributed by atoms with Gasteiger partial charge in [0.15, 0.2) is 12.2 Å². The van der Waals surface area contributed by atoms with Gasteiger partial charge in [-0.1, -0.05) is 133 Å². The van der Waals surface area contributed by atoms with Crippen LogP contribution >= 0.6 is 23.5 Å². The number of hydrogen-bond donors (Lipinski definition) is 1. The summed E-state index contributed by atoms with van der Waals surface area (Å²) in [6.45, 7) is -0.231. The molecule has 7 rings (SSSR count). The van der Waals surface area contributed by atoms with Crippen LogP contribution in [0.5, 0.6) is 0 Å². The quantitative estimate of drug-likeness (QED) is 0.107. The van der Waals surface area contributed by atoms with Crippen LogP contribution in [0.2, 0.25) is 0 Å². The standard InChI is InChI=1S/C37H32N6O5S2/c38-30-34(45)43-31(36(46)48-33(26-17-9-3-10-18-26)27-19-11-4-12-20-27)28(22-49-35(30)43)23-50-37-39-40-41-42(37)21-29(44)47-32(24-13-5-1-6-14-24)25-15-7-2-8-16-25/h1-20,30,32-33,35H,21-23,38H2/t30?,35-/m1/s1. The summed E-state index contributed by atoms with van der Waals surface area (Å²) in [5.41, 5.74) is 10.2. The fourth-order valence-corrected chi connectivity index (χ4v) is 8.16. The number of esters is 2. The number of tetrazole rings is 1. The predicted molar refractivity (Wildman–Crippen MR) is 188 cm³/mol. The van der Waals surface area contributed by atoms with Crippen LogP contribution in [0, 0.1) is 0 Å². The highest BCUT2D eigenvalue weighted by molar-refractivity contribution is 8.01. The number of carbonyl (C=O) groups excluding carboxylic acids is 3. The summed E-state index contributed by atoms with van der Waals surface area (Å²) in [4.78, 5) is 41.8. The van der Waals surface area contributed by atoms with E-state index in [-0.39, 0.29) is 29.3 Å². The van der Waals surface area contributed by atoms with Crippen LogP contribution in [0.3, 0.4) is 0 Å². The molecule has 1 unspecified atom stereocenters. The second-order valence-corrected chi connectivity index (χ2v) is 13.6. The summed E-state index contributed by atoms with van der Waals surface area (Å²) in [5.74, 6) is -0.785. The van der Waals surface area contributed by atoms with E-state index < -0.39 is 30.2 Å². The molecule has 1 saturated heterocycles. The Hall–Kier alpha value is -5.24. The third-order valence-corrected chi connectivity index (χ3v) is 10.7. The van der Waals surface area contributed by atoms with Crippen LogP contribution in [0.4, 0.5) is 0 Å². The summed E-state index contributed by atoms with van der Waals surface area (Å²) in [6.07, 6.45) is -1.31. The highest BCUT2D eigenvalue weighted by atomic mass is 32.2. The highest BCUT2D eigenvalue weighted by Gasteiger charge is 2.52. The van der Waals surface area contributed by atoms with Crippen LogP contribution in [0.25, 0.3) is 0 Å². The lowest BCUT2D eigenvalue weighted by atomic mass is 10.0. The molecule has 2 atom stereocenters. The molecule has 2 N–H and O–H groups in total. The van der Waals surface area contributed by atoms with Crippen molar-refractivity contribution in [3.63, 3.8) is 0 Å². The summed E-state index contributed by atoms with van der Waals surface area (Å²) in [7, 11) is 0. The number of thioether (sulfide) groups is 2. The number of nitrogens with zero attached hydrogens (tertiary/aromatic N) is 5. The lowest BCUT2D eigenvalue weighted by Crippen LogP contribution is -2.68. The SMILES string of the molecule is NC1C(=O)N2C(C(=O)OC(c3ccccc3)c3ccccc3)=C(CSc3nnnn3CC(=O)OC(c3ccccc3)c3ccccc3)CS[C@H]12. The summed E-state index contributed by atoms with van der Waals surface area (Å²) in [6, 6.07) is 37.2. The van der Waals surface area contributed by atoms with Gasteiger partial charge in [-0.25, -0.2) is 9.48 Å². The third-order valence-electron chi connectivity index (χ3n) is 8.32. The van der Waals surface area contributed by atoms with Crippen molar-refractivity contribution >= 4 is 41.4 Å². The van der Waals surface area contributed by atoms with Crippen molar-refractivity contribution in [2.45, 2.75) is 35.3 Å². The zero-order chi connectivity index (χ0) is 34.5. The van der Waals surface area contributed by atoms with Gasteiger partial charge in [0.1, 0.15) is 23.7 Å².